The van der Waals surface area contributed by atoms with E-state index in [4.69, 9.17) is 9.84 Å². The Kier molecular flexibility index (Phi) is 7.40. The summed E-state index contributed by atoms with van der Waals surface area (Å²) in [5.74, 6) is -1.49. The van der Waals surface area contributed by atoms with Crippen molar-refractivity contribution < 1.29 is 34.0 Å². The molecule has 0 saturated heterocycles. The lowest BCUT2D eigenvalue weighted by atomic mass is 10.1. The van der Waals surface area contributed by atoms with Crippen LogP contribution in [0.5, 0.6) is 0 Å². The SMILES string of the molecule is CC(C)[C@@H](C(=O)O)N(C)[N+]([O-])=NOCOC(=O)OC(C)(C)C. The summed E-state index contributed by atoms with van der Waals surface area (Å²) in [6.45, 7) is 7.63. The first kappa shape index (κ1) is 19.7. The summed E-state index contributed by atoms with van der Waals surface area (Å²) in [6, 6.07) is -1.07. The monoisotopic (exact) mass is 321 g/mol. The standard InChI is InChI=1S/C12H23N3O7/c1-8(2)9(10(16)17)14(6)15(19)13-21-7-20-11(18)22-12(3,4)5/h8-9H,7H2,1-6H3,(H,16,17)/t9-/m0/s1. The molecule has 1 atom stereocenters. The zero-order chi connectivity index (χ0) is 17.5. The molecule has 22 heavy (non-hydrogen) atoms. The molecule has 0 unspecified atom stereocenters. The van der Waals surface area contributed by atoms with Crippen LogP contribution < -0.4 is 0 Å². The Hall–Kier alpha value is -2.26. The van der Waals surface area contributed by atoms with Crippen molar-refractivity contribution in [2.45, 2.75) is 46.3 Å². The highest BCUT2D eigenvalue weighted by atomic mass is 16.8. The van der Waals surface area contributed by atoms with Gasteiger partial charge in [0.15, 0.2) is 6.04 Å². The quantitative estimate of drug-likeness (QED) is 0.188. The van der Waals surface area contributed by atoms with Gasteiger partial charge >= 0.3 is 12.1 Å². The Balaban J connectivity index is 4.39. The van der Waals surface area contributed by atoms with E-state index >= 15 is 0 Å². The molecule has 0 aliphatic heterocycles. The molecule has 128 valence electrons. The van der Waals surface area contributed by atoms with Crippen LogP contribution in [0.15, 0.2) is 5.28 Å². The molecule has 1 N–H and O–H groups in total. The topological polar surface area (TPSA) is 124 Å². The fraction of sp³-hybridized carbons (Fsp3) is 0.833. The van der Waals surface area contributed by atoms with E-state index in [0.717, 1.165) is 5.01 Å². The van der Waals surface area contributed by atoms with Crippen LogP contribution in [-0.2, 0) is 19.1 Å². The molecule has 0 heterocycles. The zero-order valence-corrected chi connectivity index (χ0v) is 13.6. The highest BCUT2D eigenvalue weighted by Crippen LogP contribution is 2.10. The number of rotatable bonds is 7. The van der Waals surface area contributed by atoms with Gasteiger partial charge in [-0.2, -0.15) is 0 Å². The fourth-order valence-corrected chi connectivity index (χ4v) is 1.47. The second kappa shape index (κ2) is 8.25. The van der Waals surface area contributed by atoms with E-state index in [2.05, 4.69) is 14.9 Å². The molecular formula is C12H23N3O7. The first-order valence-electron chi connectivity index (χ1n) is 6.57. The summed E-state index contributed by atoms with van der Waals surface area (Å²) in [4.78, 5) is 26.7. The molecule has 10 nitrogen and oxygen atoms in total. The second-order valence-corrected chi connectivity index (χ2v) is 5.79. The van der Waals surface area contributed by atoms with Gasteiger partial charge in [-0.1, -0.05) is 13.8 Å². The molecule has 0 fully saturated rings. The number of hydrazine groups is 1. The Morgan fingerprint density at radius 1 is 1.36 bits per heavy atom. The molecule has 0 spiro atoms. The van der Waals surface area contributed by atoms with Gasteiger partial charge in [-0.05, 0) is 26.7 Å². The third-order valence-electron chi connectivity index (χ3n) is 2.30. The lowest BCUT2D eigenvalue weighted by molar-refractivity contribution is -0.712. The Morgan fingerprint density at radius 3 is 2.32 bits per heavy atom. The number of carbonyl (C=O) groups excluding carboxylic acids is 1. The van der Waals surface area contributed by atoms with Crippen LogP contribution in [0.3, 0.4) is 0 Å². The Morgan fingerprint density at radius 2 is 1.91 bits per heavy atom. The number of carboxylic acid groups (broad SMARTS) is 1. The molecule has 0 aromatic heterocycles. The van der Waals surface area contributed by atoms with E-state index < -0.39 is 30.6 Å². The normalized spacial score (nSPS) is 13.5. The Bertz CT molecular complexity index is 417. The number of aliphatic carboxylic acids is 1. The van der Waals surface area contributed by atoms with Gasteiger partial charge in [0.05, 0.1) is 12.0 Å². The number of likely N-dealkylation sites (N-methyl/N-ethyl adjacent to an activating group) is 1. The predicted molar refractivity (Wildman–Crippen MR) is 73.4 cm³/mol. The molecule has 0 saturated carbocycles. The maximum atomic E-state index is 11.6. The lowest BCUT2D eigenvalue weighted by Crippen LogP contribution is -2.45. The van der Waals surface area contributed by atoms with Gasteiger partial charge in [0.25, 0.3) is 6.79 Å². The average molecular weight is 321 g/mol. The van der Waals surface area contributed by atoms with Crippen molar-refractivity contribution in [2.75, 3.05) is 13.8 Å². The van der Waals surface area contributed by atoms with Crippen LogP contribution in [-0.4, -0.2) is 52.7 Å². The van der Waals surface area contributed by atoms with Gasteiger partial charge in [-0.25, -0.2) is 9.59 Å². The van der Waals surface area contributed by atoms with Crippen molar-refractivity contribution in [3.05, 3.63) is 5.21 Å². The first-order valence-corrected chi connectivity index (χ1v) is 6.57. The largest absolute Gasteiger partial charge is 0.569 e. The van der Waals surface area contributed by atoms with Crippen LogP contribution in [0.4, 0.5) is 4.79 Å². The summed E-state index contributed by atoms with van der Waals surface area (Å²) in [6.07, 6.45) is -0.973. The maximum absolute atomic E-state index is 11.6. The molecule has 0 bridgehead atoms. The first-order chi connectivity index (χ1) is 9.95. The zero-order valence-electron chi connectivity index (χ0n) is 13.6. The van der Waals surface area contributed by atoms with E-state index in [1.54, 1.807) is 34.6 Å². The number of carboxylic acids is 1. The third kappa shape index (κ3) is 7.50. The number of ether oxygens (including phenoxy) is 2. The van der Waals surface area contributed by atoms with Gasteiger partial charge < -0.3 is 24.6 Å². The number of nitrogens with zero attached hydrogens (tertiary/aromatic N) is 3. The van der Waals surface area contributed by atoms with Crippen molar-refractivity contribution in [1.82, 2.24) is 5.01 Å². The van der Waals surface area contributed by atoms with Gasteiger partial charge in [0.2, 0.25) is 5.28 Å². The summed E-state index contributed by atoms with van der Waals surface area (Å²) in [5.41, 5.74) is -0.717. The predicted octanol–water partition coefficient (Wildman–Crippen LogP) is 1.75. The lowest BCUT2D eigenvalue weighted by Gasteiger charge is -2.23. The molecule has 0 aliphatic carbocycles. The van der Waals surface area contributed by atoms with Crippen molar-refractivity contribution in [2.24, 2.45) is 11.2 Å². The van der Waals surface area contributed by atoms with E-state index in [0.29, 0.717) is 0 Å². The van der Waals surface area contributed by atoms with Gasteiger partial charge in [0, 0.05) is 0 Å². The third-order valence-corrected chi connectivity index (χ3v) is 2.30. The highest BCUT2D eigenvalue weighted by molar-refractivity contribution is 5.73. The van der Waals surface area contributed by atoms with Crippen molar-refractivity contribution in [3.63, 3.8) is 0 Å². The van der Waals surface area contributed by atoms with E-state index in [1.807, 2.05) is 0 Å². The van der Waals surface area contributed by atoms with Gasteiger partial charge in [-0.15, -0.1) is 5.01 Å². The molecule has 0 aromatic carbocycles. The minimum atomic E-state index is -1.17. The molecule has 0 rings (SSSR count). The van der Waals surface area contributed by atoms with Crippen molar-refractivity contribution in [1.29, 1.82) is 0 Å². The Labute approximate surface area is 128 Å². The van der Waals surface area contributed by atoms with Crippen LogP contribution in [0.25, 0.3) is 0 Å². The summed E-state index contributed by atoms with van der Waals surface area (Å²) < 4.78 is 9.36. The number of carbonyl (C=O) groups is 2. The summed E-state index contributed by atoms with van der Waals surface area (Å²) in [5, 5.41) is 24.6. The van der Waals surface area contributed by atoms with Crippen LogP contribution in [0.1, 0.15) is 34.6 Å². The minimum Gasteiger partial charge on any atom is -0.569 e. The van der Waals surface area contributed by atoms with Crippen LogP contribution in [0.2, 0.25) is 0 Å². The molecular weight excluding hydrogens is 298 g/mol. The number of hydrogen-bond acceptors (Lipinski definition) is 7. The highest BCUT2D eigenvalue weighted by Gasteiger charge is 2.31. The van der Waals surface area contributed by atoms with Gasteiger partial charge in [-0.3, -0.25) is 0 Å². The number of hydrogen-bond donors (Lipinski definition) is 1. The van der Waals surface area contributed by atoms with E-state index in [9.17, 15) is 14.8 Å². The molecule has 10 heteroatoms. The average Bonchev–Trinajstić information content (AvgIpc) is 2.31. The van der Waals surface area contributed by atoms with Crippen LogP contribution in [0, 0.1) is 11.1 Å². The molecule has 0 aromatic rings. The molecule has 0 amide bonds. The van der Waals surface area contributed by atoms with Crippen molar-refractivity contribution >= 4 is 12.1 Å². The molecule has 0 radical (unpaired) electrons. The second-order valence-electron chi connectivity index (χ2n) is 5.79. The fourth-order valence-electron chi connectivity index (χ4n) is 1.47. The summed E-state index contributed by atoms with van der Waals surface area (Å²) >= 11 is 0. The minimum absolute atomic E-state index is 0.0305. The maximum Gasteiger partial charge on any atom is 0.511 e. The van der Waals surface area contributed by atoms with Crippen molar-refractivity contribution in [3.8, 4) is 0 Å². The van der Waals surface area contributed by atoms with Gasteiger partial charge in [0.1, 0.15) is 5.60 Å². The summed E-state index contributed by atoms with van der Waals surface area (Å²) in [7, 11) is 1.26. The van der Waals surface area contributed by atoms with Crippen LogP contribution >= 0.6 is 0 Å². The smallest absolute Gasteiger partial charge is 0.511 e. The van der Waals surface area contributed by atoms with E-state index in [1.165, 1.54) is 7.05 Å². The molecule has 0 aliphatic rings. The van der Waals surface area contributed by atoms with E-state index in [-0.39, 0.29) is 10.9 Å².